The second-order valence-electron chi connectivity index (χ2n) is 9.02. The number of carbonyl (C=O) groups excluding carboxylic acids is 1. The van der Waals surface area contributed by atoms with Crippen molar-refractivity contribution >= 4 is 11.6 Å². The van der Waals surface area contributed by atoms with Crippen LogP contribution >= 0.6 is 0 Å². The summed E-state index contributed by atoms with van der Waals surface area (Å²) >= 11 is 0. The SMILES string of the molecule is CCCOC(CC(C)C)(CC(C)C)C(=O)Nc1ccc(OCC(C)C)c(C#N)c1. The van der Waals surface area contributed by atoms with E-state index in [0.29, 0.717) is 60.8 Å². The van der Waals surface area contributed by atoms with Crippen molar-refractivity contribution in [3.8, 4) is 11.8 Å². The van der Waals surface area contributed by atoms with E-state index in [1.165, 1.54) is 0 Å². The van der Waals surface area contributed by atoms with Crippen LogP contribution in [-0.2, 0) is 9.53 Å². The molecule has 0 atom stereocenters. The number of carbonyl (C=O) groups is 1. The van der Waals surface area contributed by atoms with Crippen molar-refractivity contribution in [3.63, 3.8) is 0 Å². The summed E-state index contributed by atoms with van der Waals surface area (Å²) in [4.78, 5) is 13.4. The first-order valence-electron chi connectivity index (χ1n) is 10.8. The number of hydrogen-bond donors (Lipinski definition) is 1. The predicted octanol–water partition coefficient (Wildman–Crippen LogP) is 5.79. The fourth-order valence-electron chi connectivity index (χ4n) is 3.39. The van der Waals surface area contributed by atoms with E-state index in [1.54, 1.807) is 18.2 Å². The second kappa shape index (κ2) is 11.8. The average molecular weight is 403 g/mol. The first-order chi connectivity index (χ1) is 13.6. The Morgan fingerprint density at radius 2 is 1.72 bits per heavy atom. The van der Waals surface area contributed by atoms with Crippen molar-refractivity contribution in [2.75, 3.05) is 18.5 Å². The smallest absolute Gasteiger partial charge is 0.256 e. The Bertz CT molecular complexity index is 680. The van der Waals surface area contributed by atoms with Gasteiger partial charge in [0.15, 0.2) is 0 Å². The van der Waals surface area contributed by atoms with Crippen molar-refractivity contribution in [2.45, 2.75) is 73.3 Å². The van der Waals surface area contributed by atoms with E-state index in [2.05, 4.69) is 52.9 Å². The molecule has 5 heteroatoms. The first kappa shape index (κ1) is 25.0. The molecule has 0 heterocycles. The van der Waals surface area contributed by atoms with E-state index in [-0.39, 0.29) is 5.91 Å². The van der Waals surface area contributed by atoms with E-state index >= 15 is 0 Å². The molecule has 0 unspecified atom stereocenters. The molecule has 0 fully saturated rings. The molecule has 0 aromatic heterocycles. The minimum absolute atomic E-state index is 0.145. The van der Waals surface area contributed by atoms with Gasteiger partial charge in [-0.1, -0.05) is 48.5 Å². The van der Waals surface area contributed by atoms with Gasteiger partial charge in [-0.15, -0.1) is 0 Å². The largest absolute Gasteiger partial charge is 0.492 e. The fourth-order valence-corrected chi connectivity index (χ4v) is 3.39. The second-order valence-corrected chi connectivity index (χ2v) is 9.02. The van der Waals surface area contributed by atoms with Crippen LogP contribution in [0.2, 0.25) is 0 Å². The molecule has 162 valence electrons. The maximum atomic E-state index is 13.4. The van der Waals surface area contributed by atoms with Crippen LogP contribution in [0.5, 0.6) is 5.75 Å². The molecule has 0 bridgehead atoms. The third-order valence-corrected chi connectivity index (χ3v) is 4.40. The molecule has 5 nitrogen and oxygen atoms in total. The van der Waals surface area contributed by atoms with E-state index in [9.17, 15) is 10.1 Å². The fraction of sp³-hybridized carbons (Fsp3) is 0.667. The van der Waals surface area contributed by atoms with Gasteiger partial charge < -0.3 is 14.8 Å². The minimum atomic E-state index is -0.877. The Kier molecular flexibility index (Phi) is 10.2. The van der Waals surface area contributed by atoms with Gasteiger partial charge in [-0.05, 0) is 55.2 Å². The van der Waals surface area contributed by atoms with E-state index in [1.807, 2.05) is 6.92 Å². The molecule has 0 aliphatic carbocycles. The van der Waals surface area contributed by atoms with Crippen LogP contribution in [0, 0.1) is 29.1 Å². The number of hydrogen-bond acceptors (Lipinski definition) is 4. The Morgan fingerprint density at radius 3 is 2.21 bits per heavy atom. The molecule has 29 heavy (non-hydrogen) atoms. The van der Waals surface area contributed by atoms with Gasteiger partial charge in [-0.3, -0.25) is 4.79 Å². The predicted molar refractivity (Wildman–Crippen MR) is 118 cm³/mol. The van der Waals surface area contributed by atoms with Crippen molar-refractivity contribution < 1.29 is 14.3 Å². The van der Waals surface area contributed by atoms with E-state index in [4.69, 9.17) is 9.47 Å². The maximum Gasteiger partial charge on any atom is 0.256 e. The van der Waals surface area contributed by atoms with Gasteiger partial charge in [0, 0.05) is 12.3 Å². The van der Waals surface area contributed by atoms with Crippen molar-refractivity contribution in [1.29, 1.82) is 5.26 Å². The molecule has 1 N–H and O–H groups in total. The lowest BCUT2D eigenvalue weighted by Gasteiger charge is -2.35. The summed E-state index contributed by atoms with van der Waals surface area (Å²) in [6.45, 7) is 15.6. The molecule has 0 spiro atoms. The third-order valence-electron chi connectivity index (χ3n) is 4.40. The normalized spacial score (nSPS) is 11.8. The number of nitrogens with one attached hydrogen (secondary N) is 1. The highest BCUT2D eigenvalue weighted by molar-refractivity contribution is 5.97. The summed E-state index contributed by atoms with van der Waals surface area (Å²) in [5.41, 5.74) is 0.120. The molecule has 0 aliphatic heterocycles. The lowest BCUT2D eigenvalue weighted by molar-refractivity contribution is -0.147. The molecule has 1 rings (SSSR count). The maximum absolute atomic E-state index is 13.4. The van der Waals surface area contributed by atoms with Gasteiger partial charge in [-0.2, -0.15) is 5.26 Å². The zero-order valence-electron chi connectivity index (χ0n) is 19.2. The van der Waals surface area contributed by atoms with E-state index < -0.39 is 5.60 Å². The average Bonchev–Trinajstić information content (AvgIpc) is 2.63. The number of nitriles is 1. The van der Waals surface area contributed by atoms with Crippen LogP contribution in [0.1, 0.15) is 73.3 Å². The molecule has 1 aromatic rings. The van der Waals surface area contributed by atoms with Crippen LogP contribution in [0.15, 0.2) is 18.2 Å². The van der Waals surface area contributed by atoms with Crippen LogP contribution in [-0.4, -0.2) is 24.7 Å². The highest BCUT2D eigenvalue weighted by Gasteiger charge is 2.40. The van der Waals surface area contributed by atoms with Crippen LogP contribution in [0.3, 0.4) is 0 Å². The number of ether oxygens (including phenoxy) is 2. The molecule has 1 aromatic carbocycles. The van der Waals surface area contributed by atoms with Gasteiger partial charge in [0.05, 0.1) is 12.2 Å². The number of benzene rings is 1. The standard InChI is InChI=1S/C24H38N2O3/c1-8-11-29-24(13-17(2)3,14-18(4)5)23(27)26-21-9-10-22(20(12-21)15-25)28-16-19(6)7/h9-10,12,17-19H,8,11,13-14,16H2,1-7H3,(H,26,27). The van der Waals surface area contributed by atoms with Crippen molar-refractivity contribution in [1.82, 2.24) is 0 Å². The number of rotatable bonds is 12. The van der Waals surface area contributed by atoms with Gasteiger partial charge >= 0.3 is 0 Å². The van der Waals surface area contributed by atoms with Crippen LogP contribution < -0.4 is 10.1 Å². The third kappa shape index (κ3) is 8.06. The summed E-state index contributed by atoms with van der Waals surface area (Å²) in [5, 5.41) is 12.5. The molecule has 0 aliphatic rings. The van der Waals surface area contributed by atoms with Gasteiger partial charge in [0.2, 0.25) is 0 Å². The lowest BCUT2D eigenvalue weighted by atomic mass is 9.83. The van der Waals surface area contributed by atoms with Gasteiger partial charge in [-0.25, -0.2) is 0 Å². The molecular formula is C24H38N2O3. The Hall–Kier alpha value is -2.06. The summed E-state index contributed by atoms with van der Waals surface area (Å²) in [5.74, 6) is 1.39. The lowest BCUT2D eigenvalue weighted by Crippen LogP contribution is -2.47. The quantitative estimate of drug-likeness (QED) is 0.480. The van der Waals surface area contributed by atoms with Gasteiger partial charge in [0.25, 0.3) is 5.91 Å². The number of anilines is 1. The molecular weight excluding hydrogens is 364 g/mol. The molecule has 0 saturated heterocycles. The minimum Gasteiger partial charge on any atom is -0.492 e. The highest BCUT2D eigenvalue weighted by Crippen LogP contribution is 2.32. The molecule has 1 amide bonds. The first-order valence-corrected chi connectivity index (χ1v) is 10.8. The summed E-state index contributed by atoms with van der Waals surface area (Å²) in [6, 6.07) is 7.36. The van der Waals surface area contributed by atoms with Crippen molar-refractivity contribution in [2.24, 2.45) is 17.8 Å². The van der Waals surface area contributed by atoms with Crippen molar-refractivity contribution in [3.05, 3.63) is 23.8 Å². The van der Waals surface area contributed by atoms with Crippen LogP contribution in [0.25, 0.3) is 0 Å². The van der Waals surface area contributed by atoms with E-state index in [0.717, 1.165) is 6.42 Å². The summed E-state index contributed by atoms with van der Waals surface area (Å²) in [6.07, 6.45) is 2.15. The van der Waals surface area contributed by atoms with Crippen LogP contribution in [0.4, 0.5) is 5.69 Å². The zero-order valence-corrected chi connectivity index (χ0v) is 19.2. The highest BCUT2D eigenvalue weighted by atomic mass is 16.5. The Morgan fingerprint density at radius 1 is 1.10 bits per heavy atom. The monoisotopic (exact) mass is 402 g/mol. The van der Waals surface area contributed by atoms with Gasteiger partial charge in [0.1, 0.15) is 17.4 Å². The number of nitrogens with zero attached hydrogens (tertiary/aromatic N) is 1. The topological polar surface area (TPSA) is 71.3 Å². The molecule has 0 radical (unpaired) electrons. The summed E-state index contributed by atoms with van der Waals surface area (Å²) < 4.78 is 11.9. The Labute approximate surface area is 176 Å². The zero-order chi connectivity index (χ0) is 22.0. The summed E-state index contributed by atoms with van der Waals surface area (Å²) in [7, 11) is 0. The molecule has 0 saturated carbocycles. The number of amides is 1. The Balaban J connectivity index is 3.12.